The van der Waals surface area contributed by atoms with Crippen molar-refractivity contribution >= 4 is 40.6 Å². The smallest absolute Gasteiger partial charge is 0.271 e. The van der Waals surface area contributed by atoms with Crippen LogP contribution in [0.5, 0.6) is 0 Å². The highest BCUT2D eigenvalue weighted by atomic mass is 35.5. The van der Waals surface area contributed by atoms with Crippen molar-refractivity contribution in [2.45, 2.75) is 5.03 Å². The maximum Gasteiger partial charge on any atom is 0.271 e. The number of nitro groups is 1. The average molecular weight is 342 g/mol. The second kappa shape index (κ2) is 7.19. The molecule has 1 aromatic carbocycles. The van der Waals surface area contributed by atoms with Gasteiger partial charge in [0.1, 0.15) is 10.8 Å². The van der Waals surface area contributed by atoms with Gasteiger partial charge in [-0.2, -0.15) is 0 Å². The van der Waals surface area contributed by atoms with Crippen molar-refractivity contribution in [2.75, 3.05) is 11.1 Å². The van der Waals surface area contributed by atoms with Crippen molar-refractivity contribution in [2.24, 2.45) is 0 Å². The lowest BCUT2D eigenvalue weighted by atomic mass is 10.2. The Morgan fingerprint density at radius 2 is 2.23 bits per heavy atom. The lowest BCUT2D eigenvalue weighted by Gasteiger charge is -2.06. The summed E-state index contributed by atoms with van der Waals surface area (Å²) < 4.78 is 13.5. The van der Waals surface area contributed by atoms with Gasteiger partial charge < -0.3 is 5.32 Å². The first kappa shape index (κ1) is 16.2. The minimum Gasteiger partial charge on any atom is -0.323 e. The molecule has 0 spiro atoms. The number of anilines is 1. The minimum absolute atomic E-state index is 0.0567. The van der Waals surface area contributed by atoms with E-state index in [9.17, 15) is 19.3 Å². The molecule has 0 unspecified atom stereocenters. The third-order valence-corrected chi connectivity index (χ3v) is 3.92. The molecule has 9 heteroatoms. The predicted octanol–water partition coefficient (Wildman–Crippen LogP) is 3.51. The van der Waals surface area contributed by atoms with Gasteiger partial charge in [-0.3, -0.25) is 14.9 Å². The summed E-state index contributed by atoms with van der Waals surface area (Å²) >= 11 is 6.98. The molecule has 6 nitrogen and oxygen atoms in total. The number of amides is 1. The third-order valence-electron chi connectivity index (χ3n) is 2.50. The lowest BCUT2D eigenvalue weighted by molar-refractivity contribution is -0.384. The molecule has 0 atom stereocenters. The number of hydrogen-bond donors (Lipinski definition) is 1. The minimum atomic E-state index is -0.750. The maximum atomic E-state index is 13.5. The van der Waals surface area contributed by atoms with E-state index < -0.39 is 16.6 Å². The zero-order chi connectivity index (χ0) is 16.1. The molecule has 0 aliphatic carbocycles. The van der Waals surface area contributed by atoms with Crippen molar-refractivity contribution < 1.29 is 14.1 Å². The number of nitrogens with one attached hydrogen (secondary N) is 1. The molecule has 0 fully saturated rings. The topological polar surface area (TPSA) is 85.1 Å². The summed E-state index contributed by atoms with van der Waals surface area (Å²) in [4.78, 5) is 25.8. The fraction of sp³-hybridized carbons (Fsp3) is 0.0769. The molecule has 0 saturated heterocycles. The normalized spacial score (nSPS) is 10.3. The van der Waals surface area contributed by atoms with E-state index >= 15 is 0 Å². The van der Waals surface area contributed by atoms with Gasteiger partial charge in [-0.15, -0.1) is 0 Å². The number of thioether (sulfide) groups is 1. The van der Waals surface area contributed by atoms with Gasteiger partial charge in [0.15, 0.2) is 0 Å². The standard InChI is InChI=1S/C13H9ClFN3O3S/c14-9-2-1-5-16-13(9)22-7-12(19)17-11-6-8(18(20)21)3-4-10(11)15/h1-6H,7H2,(H,17,19). The first-order chi connectivity index (χ1) is 10.5. The largest absolute Gasteiger partial charge is 0.323 e. The van der Waals surface area contributed by atoms with Crippen LogP contribution in [-0.2, 0) is 4.79 Å². The maximum absolute atomic E-state index is 13.5. The Morgan fingerprint density at radius 1 is 1.45 bits per heavy atom. The molecule has 0 aliphatic rings. The summed E-state index contributed by atoms with van der Waals surface area (Å²) in [6, 6.07) is 6.20. The van der Waals surface area contributed by atoms with Crippen LogP contribution in [0.25, 0.3) is 0 Å². The summed E-state index contributed by atoms with van der Waals surface area (Å²) in [5.41, 5.74) is -0.552. The van der Waals surface area contributed by atoms with E-state index in [0.29, 0.717) is 10.0 Å². The van der Waals surface area contributed by atoms with Crippen LogP contribution in [0, 0.1) is 15.9 Å². The van der Waals surface area contributed by atoms with Crippen LogP contribution in [0.15, 0.2) is 41.6 Å². The number of nitro benzene ring substituents is 1. The zero-order valence-electron chi connectivity index (χ0n) is 11.0. The predicted molar refractivity (Wildman–Crippen MR) is 81.7 cm³/mol. The van der Waals surface area contributed by atoms with Crippen LogP contribution in [0.3, 0.4) is 0 Å². The van der Waals surface area contributed by atoms with Gasteiger partial charge in [0, 0.05) is 18.3 Å². The van der Waals surface area contributed by atoms with Gasteiger partial charge in [-0.05, 0) is 18.2 Å². The number of nitrogens with zero attached hydrogens (tertiary/aromatic N) is 2. The number of carbonyl (C=O) groups is 1. The van der Waals surface area contributed by atoms with E-state index in [1.54, 1.807) is 12.1 Å². The SMILES string of the molecule is O=C(CSc1ncccc1Cl)Nc1cc([N+](=O)[O-])ccc1F. The molecule has 0 radical (unpaired) electrons. The monoisotopic (exact) mass is 341 g/mol. The second-order valence-electron chi connectivity index (χ2n) is 4.05. The third kappa shape index (κ3) is 4.15. The molecule has 0 saturated carbocycles. The van der Waals surface area contributed by atoms with Crippen LogP contribution in [0.2, 0.25) is 5.02 Å². The van der Waals surface area contributed by atoms with Gasteiger partial charge in [0.25, 0.3) is 5.69 Å². The Labute approximate surface area is 133 Å². The molecule has 2 rings (SSSR count). The van der Waals surface area contributed by atoms with Crippen molar-refractivity contribution in [1.82, 2.24) is 4.98 Å². The highest BCUT2D eigenvalue weighted by molar-refractivity contribution is 8.00. The number of pyridine rings is 1. The van der Waals surface area contributed by atoms with E-state index in [1.165, 1.54) is 6.20 Å². The molecule has 1 N–H and O–H groups in total. The van der Waals surface area contributed by atoms with Crippen LogP contribution >= 0.6 is 23.4 Å². The molecule has 2 aromatic rings. The van der Waals surface area contributed by atoms with Crippen molar-refractivity contribution in [3.8, 4) is 0 Å². The first-order valence-corrected chi connectivity index (χ1v) is 7.31. The van der Waals surface area contributed by atoms with Crippen LogP contribution in [-0.4, -0.2) is 21.6 Å². The highest BCUT2D eigenvalue weighted by Crippen LogP contribution is 2.25. The Morgan fingerprint density at radius 3 is 2.91 bits per heavy atom. The van der Waals surface area contributed by atoms with E-state index in [2.05, 4.69) is 10.3 Å². The van der Waals surface area contributed by atoms with Crippen molar-refractivity contribution in [3.63, 3.8) is 0 Å². The fourth-order valence-electron chi connectivity index (χ4n) is 1.52. The second-order valence-corrected chi connectivity index (χ2v) is 5.42. The van der Waals surface area contributed by atoms with Crippen molar-refractivity contribution in [1.29, 1.82) is 0 Å². The lowest BCUT2D eigenvalue weighted by Crippen LogP contribution is -2.15. The summed E-state index contributed by atoms with van der Waals surface area (Å²) in [6.45, 7) is 0. The number of benzene rings is 1. The number of hydrogen-bond acceptors (Lipinski definition) is 5. The quantitative estimate of drug-likeness (QED) is 0.511. The number of aromatic nitrogens is 1. The Hall–Kier alpha value is -2.19. The molecule has 1 aromatic heterocycles. The summed E-state index contributed by atoms with van der Waals surface area (Å²) in [5.74, 6) is -1.33. The van der Waals surface area contributed by atoms with Crippen LogP contribution in [0.1, 0.15) is 0 Å². The molecule has 22 heavy (non-hydrogen) atoms. The highest BCUT2D eigenvalue weighted by Gasteiger charge is 2.14. The van der Waals surface area contributed by atoms with Crippen molar-refractivity contribution in [3.05, 3.63) is 57.5 Å². The molecular formula is C13H9ClFN3O3S. The molecule has 0 aliphatic heterocycles. The van der Waals surface area contributed by atoms with E-state index in [1.807, 2.05) is 0 Å². The van der Waals surface area contributed by atoms with Gasteiger partial charge in [-0.1, -0.05) is 23.4 Å². The summed E-state index contributed by atoms with van der Waals surface area (Å²) in [5, 5.41) is 13.8. The Kier molecular flexibility index (Phi) is 5.29. The molecule has 0 bridgehead atoms. The van der Waals surface area contributed by atoms with E-state index in [-0.39, 0.29) is 17.1 Å². The van der Waals surface area contributed by atoms with Gasteiger partial charge in [0.2, 0.25) is 5.91 Å². The number of non-ortho nitro benzene ring substituents is 1. The molecule has 1 amide bonds. The molecular weight excluding hydrogens is 333 g/mol. The number of rotatable bonds is 5. The van der Waals surface area contributed by atoms with Gasteiger partial charge >= 0.3 is 0 Å². The van der Waals surface area contributed by atoms with Gasteiger partial charge in [-0.25, -0.2) is 9.37 Å². The Bertz CT molecular complexity index is 729. The van der Waals surface area contributed by atoms with Crippen LogP contribution in [0.4, 0.5) is 15.8 Å². The summed E-state index contributed by atoms with van der Waals surface area (Å²) in [6.07, 6.45) is 1.53. The molecule has 1 heterocycles. The summed E-state index contributed by atoms with van der Waals surface area (Å²) in [7, 11) is 0. The Balaban J connectivity index is 2.02. The van der Waals surface area contributed by atoms with E-state index in [4.69, 9.17) is 11.6 Å². The zero-order valence-corrected chi connectivity index (χ0v) is 12.5. The number of halogens is 2. The first-order valence-electron chi connectivity index (χ1n) is 5.94. The van der Waals surface area contributed by atoms with E-state index in [0.717, 1.165) is 30.0 Å². The fourth-order valence-corrected chi connectivity index (χ4v) is 2.49. The number of carbonyl (C=O) groups excluding carboxylic acids is 1. The average Bonchev–Trinajstić information content (AvgIpc) is 2.48. The molecule has 114 valence electrons. The van der Waals surface area contributed by atoms with Gasteiger partial charge in [0.05, 0.1) is 21.4 Å². The van der Waals surface area contributed by atoms with Crippen LogP contribution < -0.4 is 5.32 Å².